The number of amides is 2. The van der Waals surface area contributed by atoms with Crippen LogP contribution in [-0.4, -0.2) is 55.3 Å². The van der Waals surface area contributed by atoms with Crippen LogP contribution in [0.25, 0.3) is 0 Å². The van der Waals surface area contributed by atoms with Crippen LogP contribution >= 0.6 is 0 Å². The van der Waals surface area contributed by atoms with E-state index >= 15 is 0 Å². The van der Waals surface area contributed by atoms with Gasteiger partial charge in [-0.05, 0) is 36.2 Å². The number of alkyl halides is 2. The summed E-state index contributed by atoms with van der Waals surface area (Å²) >= 11 is 0. The van der Waals surface area contributed by atoms with E-state index in [0.29, 0.717) is 24.2 Å². The Morgan fingerprint density at radius 2 is 1.83 bits per heavy atom. The third-order valence-corrected chi connectivity index (χ3v) is 8.03. The second kappa shape index (κ2) is 9.62. The lowest BCUT2D eigenvalue weighted by molar-refractivity contribution is -0.132. The summed E-state index contributed by atoms with van der Waals surface area (Å²) in [6.07, 6.45) is -1.46. The molecule has 1 unspecified atom stereocenters. The maximum Gasteiger partial charge on any atom is 0.252 e. The number of nitrogens with one attached hydrogen (secondary N) is 1. The van der Waals surface area contributed by atoms with Crippen molar-refractivity contribution in [2.24, 2.45) is 0 Å². The van der Waals surface area contributed by atoms with E-state index in [4.69, 9.17) is 0 Å². The number of benzene rings is 2. The number of nitrogens with zero attached hydrogens (tertiary/aromatic N) is 2. The van der Waals surface area contributed by atoms with Gasteiger partial charge in [0.05, 0.1) is 5.75 Å². The zero-order valence-electron chi connectivity index (χ0n) is 19.1. The van der Waals surface area contributed by atoms with Gasteiger partial charge in [-0.2, -0.15) is 4.31 Å². The minimum absolute atomic E-state index is 0.0569. The first kappa shape index (κ1) is 25.2. The fraction of sp³-hybridized carbons (Fsp3) is 0.417. The van der Waals surface area contributed by atoms with E-state index in [1.54, 1.807) is 31.2 Å². The van der Waals surface area contributed by atoms with Gasteiger partial charge in [-0.15, -0.1) is 0 Å². The van der Waals surface area contributed by atoms with Gasteiger partial charge < -0.3 is 5.32 Å². The third kappa shape index (κ3) is 5.84. The molecule has 0 bridgehead atoms. The van der Waals surface area contributed by atoms with Gasteiger partial charge in [0.1, 0.15) is 11.9 Å². The van der Waals surface area contributed by atoms with Gasteiger partial charge in [-0.3, -0.25) is 14.5 Å². The molecule has 1 N–H and O–H groups in total. The van der Waals surface area contributed by atoms with Crippen molar-refractivity contribution >= 4 is 27.5 Å². The van der Waals surface area contributed by atoms with Gasteiger partial charge in [0.2, 0.25) is 21.8 Å². The number of anilines is 1. The highest BCUT2D eigenvalue weighted by Gasteiger charge is 2.47. The Hall–Kier alpha value is -2.92. The van der Waals surface area contributed by atoms with E-state index in [-0.39, 0.29) is 5.69 Å². The summed E-state index contributed by atoms with van der Waals surface area (Å²) in [5.74, 6) is -5.39. The molecule has 1 aliphatic carbocycles. The molecule has 1 aliphatic heterocycles. The lowest BCUT2D eigenvalue weighted by Crippen LogP contribution is -2.54. The molecule has 1 atom stereocenters. The number of rotatable bonds is 9. The van der Waals surface area contributed by atoms with Crippen molar-refractivity contribution < 1.29 is 31.2 Å². The lowest BCUT2D eigenvalue weighted by atomic mass is 9.87. The highest BCUT2D eigenvalue weighted by atomic mass is 32.2. The highest BCUT2D eigenvalue weighted by Crippen LogP contribution is 2.38. The molecule has 2 aromatic rings. The van der Waals surface area contributed by atoms with Crippen molar-refractivity contribution in [1.29, 1.82) is 0 Å². The number of aryl methyl sites for hydroxylation is 1. The molecule has 1 saturated carbocycles. The fourth-order valence-corrected chi connectivity index (χ4v) is 5.51. The zero-order chi connectivity index (χ0) is 25.4. The van der Waals surface area contributed by atoms with Gasteiger partial charge in [-0.25, -0.2) is 21.6 Å². The molecule has 0 radical (unpaired) electrons. The molecule has 2 aliphatic rings. The van der Waals surface area contributed by atoms with Crippen LogP contribution in [0.3, 0.4) is 0 Å². The van der Waals surface area contributed by atoms with Gasteiger partial charge in [0.25, 0.3) is 5.92 Å². The summed E-state index contributed by atoms with van der Waals surface area (Å²) in [7, 11) is -3.62. The smallest absolute Gasteiger partial charge is 0.252 e. The van der Waals surface area contributed by atoms with Gasteiger partial charge >= 0.3 is 0 Å². The number of hydrogen-bond acceptors (Lipinski definition) is 4. The van der Waals surface area contributed by atoms with E-state index in [0.717, 1.165) is 11.0 Å². The molecule has 0 aromatic heterocycles. The Labute approximate surface area is 202 Å². The molecule has 11 heteroatoms. The molecule has 2 amide bonds. The van der Waals surface area contributed by atoms with Crippen molar-refractivity contribution in [2.45, 2.75) is 44.2 Å². The Bertz CT molecular complexity index is 1230. The van der Waals surface area contributed by atoms with Crippen molar-refractivity contribution in [1.82, 2.24) is 9.62 Å². The summed E-state index contributed by atoms with van der Waals surface area (Å²) in [6, 6.07) is 9.74. The molecular formula is C24H26F3N3O4S. The largest absolute Gasteiger partial charge is 0.351 e. The maximum atomic E-state index is 14.2. The van der Waals surface area contributed by atoms with Crippen LogP contribution in [0.2, 0.25) is 0 Å². The zero-order valence-corrected chi connectivity index (χ0v) is 19.9. The van der Waals surface area contributed by atoms with Crippen molar-refractivity contribution in [3.05, 3.63) is 65.5 Å². The van der Waals surface area contributed by atoms with E-state index in [9.17, 15) is 31.2 Å². The SMILES string of the molecule is Cc1ccccc1C(C(=O)NC1CC(F)(F)C1)N(C(=O)CCS(=O)(=O)N1CC1)c1cccc(F)c1. The van der Waals surface area contributed by atoms with Crippen molar-refractivity contribution in [3.8, 4) is 0 Å². The van der Waals surface area contributed by atoms with E-state index in [1.165, 1.54) is 22.5 Å². The lowest BCUT2D eigenvalue weighted by Gasteiger charge is -2.38. The average molecular weight is 510 g/mol. The van der Waals surface area contributed by atoms with Crippen LogP contribution in [-0.2, 0) is 19.6 Å². The van der Waals surface area contributed by atoms with Crippen molar-refractivity contribution in [3.63, 3.8) is 0 Å². The summed E-state index contributed by atoms with van der Waals surface area (Å²) < 4.78 is 66.8. The van der Waals surface area contributed by atoms with Crippen LogP contribution in [0.5, 0.6) is 0 Å². The molecule has 188 valence electrons. The number of sulfonamides is 1. The van der Waals surface area contributed by atoms with Crippen LogP contribution in [0.1, 0.15) is 36.4 Å². The molecule has 1 saturated heterocycles. The Kier molecular flexibility index (Phi) is 6.92. The maximum absolute atomic E-state index is 14.2. The molecule has 4 rings (SSSR count). The Morgan fingerprint density at radius 1 is 1.14 bits per heavy atom. The van der Waals surface area contributed by atoms with Gasteiger partial charge in [0, 0.05) is 44.1 Å². The first-order valence-corrected chi connectivity index (χ1v) is 12.9. The molecular weight excluding hydrogens is 483 g/mol. The quantitative estimate of drug-likeness (QED) is 0.527. The standard InChI is InChI=1S/C24H26F3N3O4S/c1-16-5-2-3-8-20(16)22(23(32)28-18-14-24(26,27)15-18)30(19-7-4-6-17(25)13-19)21(31)9-12-35(33,34)29-10-11-29/h2-8,13,18,22H,9-12,14-15H2,1H3,(H,28,32). The minimum Gasteiger partial charge on any atom is -0.351 e. The predicted molar refractivity (Wildman–Crippen MR) is 124 cm³/mol. The molecule has 2 aromatic carbocycles. The predicted octanol–water partition coefficient (Wildman–Crippen LogP) is 3.16. The minimum atomic E-state index is -3.62. The first-order chi connectivity index (χ1) is 16.5. The summed E-state index contributed by atoms with van der Waals surface area (Å²) in [5, 5.41) is 2.59. The normalized spacial score (nSPS) is 18.4. The molecule has 7 nitrogen and oxygen atoms in total. The Morgan fingerprint density at radius 3 is 2.43 bits per heavy atom. The van der Waals surface area contributed by atoms with E-state index in [1.807, 2.05) is 0 Å². The van der Waals surface area contributed by atoms with Gasteiger partial charge in [-0.1, -0.05) is 30.3 Å². The fourth-order valence-electron chi connectivity index (χ4n) is 4.18. The summed E-state index contributed by atoms with van der Waals surface area (Å²) in [4.78, 5) is 28.0. The van der Waals surface area contributed by atoms with Gasteiger partial charge in [0.15, 0.2) is 0 Å². The second-order valence-electron chi connectivity index (χ2n) is 8.94. The molecule has 1 heterocycles. The van der Waals surface area contributed by atoms with Crippen LogP contribution in [0.15, 0.2) is 48.5 Å². The van der Waals surface area contributed by atoms with Crippen LogP contribution < -0.4 is 10.2 Å². The number of halogens is 3. The van der Waals surface area contributed by atoms with Crippen LogP contribution in [0.4, 0.5) is 18.9 Å². The topological polar surface area (TPSA) is 86.6 Å². The monoisotopic (exact) mass is 509 g/mol. The molecule has 0 spiro atoms. The number of hydrogen-bond donors (Lipinski definition) is 1. The summed E-state index contributed by atoms with van der Waals surface area (Å²) in [6.45, 7) is 2.51. The summed E-state index contributed by atoms with van der Waals surface area (Å²) in [5.41, 5.74) is 1.13. The van der Waals surface area contributed by atoms with Crippen LogP contribution in [0, 0.1) is 12.7 Å². The van der Waals surface area contributed by atoms with Crippen molar-refractivity contribution in [2.75, 3.05) is 23.7 Å². The highest BCUT2D eigenvalue weighted by molar-refractivity contribution is 7.89. The molecule has 35 heavy (non-hydrogen) atoms. The second-order valence-corrected chi connectivity index (χ2v) is 11.0. The molecule has 2 fully saturated rings. The van der Waals surface area contributed by atoms with E-state index < -0.39 is 70.7 Å². The number of carbonyl (C=O) groups excluding carboxylic acids is 2. The Balaban J connectivity index is 1.70. The average Bonchev–Trinajstić information content (AvgIpc) is 3.61. The van der Waals surface area contributed by atoms with E-state index in [2.05, 4.69) is 5.32 Å². The number of carbonyl (C=O) groups is 2. The first-order valence-electron chi connectivity index (χ1n) is 11.3. The third-order valence-electron chi connectivity index (χ3n) is 6.15.